The van der Waals surface area contributed by atoms with E-state index < -0.39 is 0 Å². The normalized spacial score (nSPS) is 10.4. The Morgan fingerprint density at radius 1 is 1.20 bits per heavy atom. The topological polar surface area (TPSA) is 46.2 Å². The Balaban J connectivity index is 1.66. The van der Waals surface area contributed by atoms with E-state index in [-0.39, 0.29) is 24.5 Å². The first kappa shape index (κ1) is 15.2. The van der Waals surface area contributed by atoms with E-state index in [1.807, 2.05) is 17.5 Å². The zero-order chi connectivity index (χ0) is 14.4. The minimum atomic E-state index is -0.0856. The molecule has 0 spiro atoms. The van der Waals surface area contributed by atoms with Crippen LogP contribution < -0.4 is 5.32 Å². The summed E-state index contributed by atoms with van der Waals surface area (Å²) in [5.74, 6) is -0.118. The first-order chi connectivity index (χ1) is 9.65. The molecule has 2 rings (SSSR count). The van der Waals surface area contributed by atoms with Crippen LogP contribution in [0.4, 0.5) is 0 Å². The summed E-state index contributed by atoms with van der Waals surface area (Å²) in [6.07, 6.45) is 1.28. The second-order valence-electron chi connectivity index (χ2n) is 4.21. The van der Waals surface area contributed by atoms with Crippen LogP contribution >= 0.6 is 34.3 Å². The fourth-order valence-electron chi connectivity index (χ4n) is 1.68. The van der Waals surface area contributed by atoms with Crippen molar-refractivity contribution in [3.63, 3.8) is 0 Å². The molecule has 0 aliphatic rings. The molecule has 1 amide bonds. The molecule has 0 aliphatic carbocycles. The number of carbonyl (C=O) groups is 2. The molecule has 106 valence electrons. The average molecular weight is 328 g/mol. The van der Waals surface area contributed by atoms with Crippen molar-refractivity contribution in [2.75, 3.05) is 6.54 Å². The molecular formula is C14H14ClNO2S2. The summed E-state index contributed by atoms with van der Waals surface area (Å²) in [6, 6.07) is 7.43. The van der Waals surface area contributed by atoms with Crippen molar-refractivity contribution in [1.82, 2.24) is 5.32 Å². The molecule has 0 bridgehead atoms. The fourth-order valence-corrected chi connectivity index (χ4v) is 3.40. The molecular weight excluding hydrogens is 314 g/mol. The third-order valence-electron chi connectivity index (χ3n) is 2.70. The van der Waals surface area contributed by atoms with Gasteiger partial charge in [0.1, 0.15) is 0 Å². The highest BCUT2D eigenvalue weighted by Gasteiger charge is 2.11. The van der Waals surface area contributed by atoms with Crippen molar-refractivity contribution in [2.45, 2.75) is 19.3 Å². The molecule has 0 aromatic carbocycles. The summed E-state index contributed by atoms with van der Waals surface area (Å²) >= 11 is 8.70. The van der Waals surface area contributed by atoms with Gasteiger partial charge in [0.05, 0.1) is 9.21 Å². The third-order valence-corrected chi connectivity index (χ3v) is 4.91. The van der Waals surface area contributed by atoms with Gasteiger partial charge >= 0.3 is 0 Å². The lowest BCUT2D eigenvalue weighted by Gasteiger charge is -2.03. The zero-order valence-electron chi connectivity index (χ0n) is 10.7. The van der Waals surface area contributed by atoms with E-state index >= 15 is 0 Å². The molecule has 0 radical (unpaired) electrons. The summed E-state index contributed by atoms with van der Waals surface area (Å²) in [5, 5.41) is 4.84. The minimum Gasteiger partial charge on any atom is -0.356 e. The van der Waals surface area contributed by atoms with Gasteiger partial charge in [0.2, 0.25) is 5.91 Å². The maximum Gasteiger partial charge on any atom is 0.220 e. The first-order valence-corrected chi connectivity index (χ1v) is 8.30. The number of amides is 1. The summed E-state index contributed by atoms with van der Waals surface area (Å²) in [4.78, 5) is 25.3. The summed E-state index contributed by atoms with van der Waals surface area (Å²) < 4.78 is 0.591. The van der Waals surface area contributed by atoms with Gasteiger partial charge in [-0.1, -0.05) is 17.7 Å². The van der Waals surface area contributed by atoms with Crippen LogP contribution in [-0.4, -0.2) is 18.2 Å². The molecule has 20 heavy (non-hydrogen) atoms. The fraction of sp³-hybridized carbons (Fsp3) is 0.286. The molecule has 0 fully saturated rings. The Morgan fingerprint density at radius 3 is 2.70 bits per heavy atom. The molecule has 0 saturated carbocycles. The quantitative estimate of drug-likeness (QED) is 0.786. The maximum absolute atomic E-state index is 11.8. The molecule has 0 unspecified atom stereocenters. The van der Waals surface area contributed by atoms with Crippen molar-refractivity contribution in [2.24, 2.45) is 0 Å². The highest BCUT2D eigenvalue weighted by Crippen LogP contribution is 2.22. The summed E-state index contributed by atoms with van der Waals surface area (Å²) in [5.41, 5.74) is 0. The molecule has 0 aliphatic heterocycles. The Kier molecular flexibility index (Phi) is 5.76. The highest BCUT2D eigenvalue weighted by molar-refractivity contribution is 7.18. The summed E-state index contributed by atoms with van der Waals surface area (Å²) in [6.45, 7) is 0.609. The van der Waals surface area contributed by atoms with Gasteiger partial charge in [-0.3, -0.25) is 9.59 Å². The standard InChI is InChI=1S/C14H14ClNO2S2/c15-13-5-4-12(20-13)11(17)3-6-14(18)16-8-7-10-2-1-9-19-10/h1-2,4-5,9H,3,6-8H2,(H,16,18). The number of Topliss-reactive ketones (excluding diaryl/α,β-unsaturated/α-hetero) is 1. The number of carbonyl (C=O) groups excluding carboxylic acids is 2. The van der Waals surface area contributed by atoms with Crippen molar-refractivity contribution in [3.05, 3.63) is 43.7 Å². The van der Waals surface area contributed by atoms with Gasteiger partial charge in [0.15, 0.2) is 5.78 Å². The van der Waals surface area contributed by atoms with Crippen LogP contribution in [0.1, 0.15) is 27.4 Å². The van der Waals surface area contributed by atoms with Crippen LogP contribution in [0, 0.1) is 0 Å². The van der Waals surface area contributed by atoms with Gasteiger partial charge < -0.3 is 5.32 Å². The molecule has 0 saturated heterocycles. The number of hydrogen-bond donors (Lipinski definition) is 1. The Morgan fingerprint density at radius 2 is 2.05 bits per heavy atom. The SMILES string of the molecule is O=C(CCC(=O)c1ccc(Cl)s1)NCCc1cccs1. The molecule has 1 N–H and O–H groups in total. The van der Waals surface area contributed by atoms with Crippen LogP contribution in [0.3, 0.4) is 0 Å². The lowest BCUT2D eigenvalue weighted by molar-refractivity contribution is -0.121. The Hall–Kier alpha value is -1.17. The number of halogens is 1. The molecule has 3 nitrogen and oxygen atoms in total. The molecule has 0 atom stereocenters. The zero-order valence-corrected chi connectivity index (χ0v) is 13.1. The van der Waals surface area contributed by atoms with Crippen LogP contribution in [0.25, 0.3) is 0 Å². The van der Waals surface area contributed by atoms with Gasteiger partial charge in [-0.05, 0) is 30.0 Å². The second-order valence-corrected chi connectivity index (χ2v) is 6.95. The molecule has 6 heteroatoms. The van der Waals surface area contributed by atoms with Gasteiger partial charge in [0, 0.05) is 24.3 Å². The largest absolute Gasteiger partial charge is 0.356 e. The number of rotatable bonds is 7. The van der Waals surface area contributed by atoms with Crippen LogP contribution in [0.5, 0.6) is 0 Å². The second kappa shape index (κ2) is 7.57. The van der Waals surface area contributed by atoms with E-state index in [2.05, 4.69) is 5.32 Å². The van der Waals surface area contributed by atoms with Gasteiger partial charge in [-0.25, -0.2) is 0 Å². The highest BCUT2D eigenvalue weighted by atomic mass is 35.5. The monoisotopic (exact) mass is 327 g/mol. The number of nitrogens with one attached hydrogen (secondary N) is 1. The maximum atomic E-state index is 11.8. The number of ketones is 1. The number of thiophene rings is 2. The molecule has 2 aromatic heterocycles. The van der Waals surface area contributed by atoms with Crippen LogP contribution in [-0.2, 0) is 11.2 Å². The smallest absolute Gasteiger partial charge is 0.220 e. The van der Waals surface area contributed by atoms with Gasteiger partial charge in [-0.15, -0.1) is 22.7 Å². The molecule has 2 aromatic rings. The predicted octanol–water partition coefficient (Wildman–Crippen LogP) is 3.78. The lowest BCUT2D eigenvalue weighted by Crippen LogP contribution is -2.25. The lowest BCUT2D eigenvalue weighted by atomic mass is 10.2. The Bertz CT molecular complexity index is 578. The molecule has 2 heterocycles. The van der Waals surface area contributed by atoms with Crippen LogP contribution in [0.15, 0.2) is 29.6 Å². The van der Waals surface area contributed by atoms with Gasteiger partial charge in [0.25, 0.3) is 0 Å². The van der Waals surface area contributed by atoms with Gasteiger partial charge in [-0.2, -0.15) is 0 Å². The average Bonchev–Trinajstić information content (AvgIpc) is 3.07. The van der Waals surface area contributed by atoms with E-state index in [1.165, 1.54) is 16.2 Å². The number of hydrogen-bond acceptors (Lipinski definition) is 4. The van der Waals surface area contributed by atoms with Crippen molar-refractivity contribution in [1.29, 1.82) is 0 Å². The third kappa shape index (κ3) is 4.74. The van der Waals surface area contributed by atoms with E-state index in [0.29, 0.717) is 15.8 Å². The van der Waals surface area contributed by atoms with Crippen molar-refractivity contribution in [3.8, 4) is 0 Å². The van der Waals surface area contributed by atoms with E-state index in [9.17, 15) is 9.59 Å². The van der Waals surface area contributed by atoms with Crippen LogP contribution in [0.2, 0.25) is 4.34 Å². The van der Waals surface area contributed by atoms with E-state index in [0.717, 1.165) is 6.42 Å². The predicted molar refractivity (Wildman–Crippen MR) is 83.9 cm³/mol. The van der Waals surface area contributed by atoms with Crippen molar-refractivity contribution < 1.29 is 9.59 Å². The minimum absolute atomic E-state index is 0.0321. The van der Waals surface area contributed by atoms with E-state index in [4.69, 9.17) is 11.6 Å². The summed E-state index contributed by atoms with van der Waals surface area (Å²) in [7, 11) is 0. The van der Waals surface area contributed by atoms with E-state index in [1.54, 1.807) is 23.5 Å². The van der Waals surface area contributed by atoms with Crippen molar-refractivity contribution >= 4 is 46.0 Å². The first-order valence-electron chi connectivity index (χ1n) is 6.23. The Labute approximate surface area is 130 Å².